The first-order valence-electron chi connectivity index (χ1n) is 7.83. The zero-order chi connectivity index (χ0) is 13.8. The van der Waals surface area contributed by atoms with Crippen LogP contribution in [0.15, 0.2) is 30.3 Å². The van der Waals surface area contributed by atoms with E-state index in [1.807, 2.05) is 0 Å². The molecule has 1 N–H and O–H groups in total. The third kappa shape index (κ3) is 3.22. The Morgan fingerprint density at radius 1 is 1.20 bits per heavy atom. The van der Waals surface area contributed by atoms with Gasteiger partial charge in [-0.3, -0.25) is 0 Å². The molecule has 2 heterocycles. The highest BCUT2D eigenvalue weighted by Gasteiger charge is 2.42. The second kappa shape index (κ2) is 6.25. The topological polar surface area (TPSA) is 30.5 Å². The van der Waals surface area contributed by atoms with Gasteiger partial charge in [0.25, 0.3) is 0 Å². The molecule has 2 aliphatic rings. The van der Waals surface area contributed by atoms with Crippen LogP contribution >= 0.6 is 0 Å². The summed E-state index contributed by atoms with van der Waals surface area (Å²) in [7, 11) is 0. The van der Waals surface area contributed by atoms with Crippen molar-refractivity contribution in [3.63, 3.8) is 0 Å². The summed E-state index contributed by atoms with van der Waals surface area (Å²) in [6.07, 6.45) is 4.41. The van der Waals surface area contributed by atoms with Crippen molar-refractivity contribution in [3.8, 4) is 0 Å². The Kier molecular flexibility index (Phi) is 4.39. The van der Waals surface area contributed by atoms with E-state index in [1.54, 1.807) is 0 Å². The van der Waals surface area contributed by atoms with Gasteiger partial charge in [-0.25, -0.2) is 0 Å². The molecule has 3 rings (SSSR count). The standard InChI is InChI=1S/C17H25NO2/c1-14-13-20-17(9-5-6-10-19-17)11-16(14)18-12-15-7-3-2-4-8-15/h2-4,7-8,14,16,18H,5-6,9-13H2,1H3/t14-,16+,17+/m0/s1. The maximum Gasteiger partial charge on any atom is 0.169 e. The number of benzene rings is 1. The molecule has 0 radical (unpaired) electrons. The fourth-order valence-electron chi connectivity index (χ4n) is 3.21. The molecule has 110 valence electrons. The maximum absolute atomic E-state index is 6.04. The Labute approximate surface area is 121 Å². The molecule has 3 nitrogen and oxygen atoms in total. The van der Waals surface area contributed by atoms with Crippen LogP contribution in [-0.4, -0.2) is 25.0 Å². The molecule has 2 aliphatic heterocycles. The van der Waals surface area contributed by atoms with Gasteiger partial charge < -0.3 is 14.8 Å². The molecule has 1 aromatic carbocycles. The van der Waals surface area contributed by atoms with Crippen molar-refractivity contribution in [1.82, 2.24) is 5.32 Å². The van der Waals surface area contributed by atoms with Crippen molar-refractivity contribution in [1.29, 1.82) is 0 Å². The van der Waals surface area contributed by atoms with Gasteiger partial charge in [0.05, 0.1) is 13.2 Å². The van der Waals surface area contributed by atoms with E-state index < -0.39 is 0 Å². The smallest absolute Gasteiger partial charge is 0.169 e. The second-order valence-corrected chi connectivity index (χ2v) is 6.18. The normalized spacial score (nSPS) is 34.2. The van der Waals surface area contributed by atoms with E-state index in [9.17, 15) is 0 Å². The van der Waals surface area contributed by atoms with Crippen molar-refractivity contribution in [2.75, 3.05) is 13.2 Å². The van der Waals surface area contributed by atoms with Crippen LogP contribution in [0.3, 0.4) is 0 Å². The molecule has 2 saturated heterocycles. The quantitative estimate of drug-likeness (QED) is 0.919. The molecule has 3 heteroatoms. The fourth-order valence-corrected chi connectivity index (χ4v) is 3.21. The summed E-state index contributed by atoms with van der Waals surface area (Å²) in [6, 6.07) is 11.1. The van der Waals surface area contributed by atoms with E-state index in [-0.39, 0.29) is 5.79 Å². The van der Waals surface area contributed by atoms with Crippen LogP contribution in [0.5, 0.6) is 0 Å². The van der Waals surface area contributed by atoms with Crippen LogP contribution in [0.4, 0.5) is 0 Å². The highest BCUT2D eigenvalue weighted by molar-refractivity contribution is 5.14. The van der Waals surface area contributed by atoms with Gasteiger partial charge in [0.1, 0.15) is 0 Å². The summed E-state index contributed by atoms with van der Waals surface area (Å²) < 4.78 is 12.0. The summed E-state index contributed by atoms with van der Waals surface area (Å²) in [5, 5.41) is 3.70. The summed E-state index contributed by atoms with van der Waals surface area (Å²) in [5.41, 5.74) is 1.34. The number of ether oxygens (including phenoxy) is 2. The highest BCUT2D eigenvalue weighted by Crippen LogP contribution is 2.36. The molecule has 0 aromatic heterocycles. The van der Waals surface area contributed by atoms with Crippen molar-refractivity contribution in [3.05, 3.63) is 35.9 Å². The first kappa shape index (κ1) is 14.1. The van der Waals surface area contributed by atoms with Crippen molar-refractivity contribution in [2.24, 2.45) is 5.92 Å². The zero-order valence-corrected chi connectivity index (χ0v) is 12.3. The van der Waals surface area contributed by atoms with Gasteiger partial charge in [0.15, 0.2) is 5.79 Å². The largest absolute Gasteiger partial charge is 0.350 e. The van der Waals surface area contributed by atoms with E-state index >= 15 is 0 Å². The van der Waals surface area contributed by atoms with Crippen LogP contribution in [0.25, 0.3) is 0 Å². The fraction of sp³-hybridized carbons (Fsp3) is 0.647. The van der Waals surface area contributed by atoms with Crippen LogP contribution in [-0.2, 0) is 16.0 Å². The lowest BCUT2D eigenvalue weighted by atomic mass is 9.88. The van der Waals surface area contributed by atoms with Crippen LogP contribution in [0.2, 0.25) is 0 Å². The van der Waals surface area contributed by atoms with Gasteiger partial charge in [-0.1, -0.05) is 37.3 Å². The van der Waals surface area contributed by atoms with Crippen LogP contribution in [0.1, 0.15) is 38.2 Å². The van der Waals surface area contributed by atoms with Gasteiger partial charge in [-0.2, -0.15) is 0 Å². The van der Waals surface area contributed by atoms with Gasteiger partial charge in [0, 0.05) is 25.4 Å². The first-order chi connectivity index (χ1) is 9.77. The number of rotatable bonds is 3. The predicted molar refractivity (Wildman–Crippen MR) is 79.3 cm³/mol. The van der Waals surface area contributed by atoms with Gasteiger partial charge in [-0.05, 0) is 24.3 Å². The summed E-state index contributed by atoms with van der Waals surface area (Å²) in [6.45, 7) is 4.83. The number of nitrogens with one attached hydrogen (secondary N) is 1. The third-order valence-electron chi connectivity index (χ3n) is 4.56. The van der Waals surface area contributed by atoms with E-state index in [1.165, 1.54) is 18.4 Å². The SMILES string of the molecule is C[C@H]1CO[C@]2(CCCCO2)C[C@H]1NCc1ccccc1. The van der Waals surface area contributed by atoms with Crippen LogP contribution < -0.4 is 5.32 Å². The van der Waals surface area contributed by atoms with E-state index in [4.69, 9.17) is 9.47 Å². The van der Waals surface area contributed by atoms with Crippen molar-refractivity contribution >= 4 is 0 Å². The molecule has 1 spiro atoms. The van der Waals surface area contributed by atoms with Crippen molar-refractivity contribution < 1.29 is 9.47 Å². The molecular formula is C17H25NO2. The minimum absolute atomic E-state index is 0.306. The lowest BCUT2D eigenvalue weighted by molar-refractivity contribution is -0.284. The number of hydrogen-bond donors (Lipinski definition) is 1. The monoisotopic (exact) mass is 275 g/mol. The minimum atomic E-state index is -0.306. The molecule has 0 saturated carbocycles. The molecule has 0 bridgehead atoms. The first-order valence-corrected chi connectivity index (χ1v) is 7.83. The predicted octanol–water partition coefficient (Wildman–Crippen LogP) is 3.10. The second-order valence-electron chi connectivity index (χ2n) is 6.18. The Hall–Kier alpha value is -0.900. The average molecular weight is 275 g/mol. The molecule has 0 unspecified atom stereocenters. The molecule has 20 heavy (non-hydrogen) atoms. The Morgan fingerprint density at radius 3 is 2.80 bits per heavy atom. The maximum atomic E-state index is 6.04. The van der Waals surface area contributed by atoms with Crippen LogP contribution in [0, 0.1) is 5.92 Å². The highest BCUT2D eigenvalue weighted by atomic mass is 16.7. The van der Waals surface area contributed by atoms with Gasteiger partial charge in [0.2, 0.25) is 0 Å². The zero-order valence-electron chi connectivity index (χ0n) is 12.3. The minimum Gasteiger partial charge on any atom is -0.350 e. The van der Waals surface area contributed by atoms with Gasteiger partial charge >= 0.3 is 0 Å². The molecule has 3 atom stereocenters. The Bertz CT molecular complexity index is 414. The van der Waals surface area contributed by atoms with Gasteiger partial charge in [-0.15, -0.1) is 0 Å². The number of hydrogen-bond acceptors (Lipinski definition) is 3. The lowest BCUT2D eigenvalue weighted by Crippen LogP contribution is -2.53. The van der Waals surface area contributed by atoms with E-state index in [2.05, 4.69) is 42.6 Å². The lowest BCUT2D eigenvalue weighted by Gasteiger charge is -2.45. The molecule has 2 fully saturated rings. The van der Waals surface area contributed by atoms with E-state index in [0.717, 1.165) is 32.6 Å². The Balaban J connectivity index is 1.59. The molecule has 0 aliphatic carbocycles. The Morgan fingerprint density at radius 2 is 2.05 bits per heavy atom. The summed E-state index contributed by atoms with van der Waals surface area (Å²) in [4.78, 5) is 0. The van der Waals surface area contributed by atoms with E-state index in [0.29, 0.717) is 12.0 Å². The molecule has 1 aromatic rings. The summed E-state index contributed by atoms with van der Waals surface area (Å²) >= 11 is 0. The average Bonchev–Trinajstić information content (AvgIpc) is 2.50. The molecule has 0 amide bonds. The third-order valence-corrected chi connectivity index (χ3v) is 4.56. The molecular weight excluding hydrogens is 250 g/mol. The van der Waals surface area contributed by atoms with Crippen molar-refractivity contribution in [2.45, 2.75) is 51.0 Å². The summed E-state index contributed by atoms with van der Waals surface area (Å²) in [5.74, 6) is 0.230.